The van der Waals surface area contributed by atoms with Crippen molar-refractivity contribution >= 4 is 0 Å². The first-order valence-corrected chi connectivity index (χ1v) is 6.78. The standard InChI is InChI=1S/C16H20O2/c1-12-7-8-14(16-17-9-10-18-16)15(11-12)13-5-3-2-4-6-13/h2-7,14-16H,8-11H2,1H3/t14-,15+/m0/s1. The minimum absolute atomic E-state index is 0.0143. The van der Waals surface area contributed by atoms with Crippen LogP contribution in [0.5, 0.6) is 0 Å². The summed E-state index contributed by atoms with van der Waals surface area (Å²) in [5.74, 6) is 0.984. The van der Waals surface area contributed by atoms with E-state index in [9.17, 15) is 0 Å². The molecule has 2 atom stereocenters. The summed E-state index contributed by atoms with van der Waals surface area (Å²) in [7, 11) is 0. The molecule has 0 unspecified atom stereocenters. The van der Waals surface area contributed by atoms with E-state index in [0.29, 0.717) is 11.8 Å². The minimum atomic E-state index is -0.0143. The van der Waals surface area contributed by atoms with Crippen LogP contribution in [0.2, 0.25) is 0 Å². The van der Waals surface area contributed by atoms with Crippen molar-refractivity contribution in [2.24, 2.45) is 5.92 Å². The molecular formula is C16H20O2. The lowest BCUT2D eigenvalue weighted by molar-refractivity contribution is -0.0910. The fraction of sp³-hybridized carbons (Fsp3) is 0.500. The highest BCUT2D eigenvalue weighted by Gasteiger charge is 2.35. The molecule has 18 heavy (non-hydrogen) atoms. The number of ether oxygens (including phenoxy) is 2. The van der Waals surface area contributed by atoms with Crippen molar-refractivity contribution in [1.82, 2.24) is 0 Å². The van der Waals surface area contributed by atoms with E-state index in [2.05, 4.69) is 43.3 Å². The third-order valence-electron chi connectivity index (χ3n) is 4.02. The van der Waals surface area contributed by atoms with Gasteiger partial charge in [0.2, 0.25) is 0 Å². The Balaban J connectivity index is 1.86. The summed E-state index contributed by atoms with van der Waals surface area (Å²) < 4.78 is 11.5. The van der Waals surface area contributed by atoms with Gasteiger partial charge in [0, 0.05) is 5.92 Å². The lowest BCUT2D eigenvalue weighted by Crippen LogP contribution is -2.29. The van der Waals surface area contributed by atoms with Crippen molar-refractivity contribution in [3.8, 4) is 0 Å². The van der Waals surface area contributed by atoms with Gasteiger partial charge in [-0.25, -0.2) is 0 Å². The summed E-state index contributed by atoms with van der Waals surface area (Å²) in [5, 5.41) is 0. The van der Waals surface area contributed by atoms with Crippen molar-refractivity contribution in [2.45, 2.75) is 32.0 Å². The first-order chi connectivity index (χ1) is 8.84. The van der Waals surface area contributed by atoms with Gasteiger partial charge in [-0.1, -0.05) is 42.0 Å². The molecule has 3 rings (SSSR count). The van der Waals surface area contributed by atoms with Gasteiger partial charge in [0.25, 0.3) is 0 Å². The van der Waals surface area contributed by atoms with Crippen molar-refractivity contribution in [1.29, 1.82) is 0 Å². The van der Waals surface area contributed by atoms with E-state index in [1.807, 2.05) is 0 Å². The molecule has 96 valence electrons. The Morgan fingerprint density at radius 1 is 1.06 bits per heavy atom. The van der Waals surface area contributed by atoms with Crippen LogP contribution in [-0.2, 0) is 9.47 Å². The maximum absolute atomic E-state index is 5.73. The van der Waals surface area contributed by atoms with Crippen LogP contribution in [0, 0.1) is 5.92 Å². The Bertz CT molecular complexity index is 418. The van der Waals surface area contributed by atoms with Crippen molar-refractivity contribution < 1.29 is 9.47 Å². The first-order valence-electron chi connectivity index (χ1n) is 6.78. The van der Waals surface area contributed by atoms with E-state index in [-0.39, 0.29) is 6.29 Å². The van der Waals surface area contributed by atoms with Gasteiger partial charge >= 0.3 is 0 Å². The first kappa shape index (κ1) is 11.9. The summed E-state index contributed by atoms with van der Waals surface area (Å²) in [6, 6.07) is 10.8. The monoisotopic (exact) mass is 244 g/mol. The highest BCUT2D eigenvalue weighted by Crippen LogP contribution is 2.41. The Morgan fingerprint density at radius 3 is 2.50 bits per heavy atom. The van der Waals surface area contributed by atoms with Gasteiger partial charge in [-0.3, -0.25) is 0 Å². The van der Waals surface area contributed by atoms with Gasteiger partial charge in [-0.2, -0.15) is 0 Å². The molecule has 0 aromatic heterocycles. The highest BCUT2D eigenvalue weighted by molar-refractivity contribution is 5.25. The number of hydrogen-bond donors (Lipinski definition) is 0. The molecule has 1 aromatic carbocycles. The summed E-state index contributed by atoms with van der Waals surface area (Å²) in [6.45, 7) is 3.71. The highest BCUT2D eigenvalue weighted by atomic mass is 16.7. The number of hydrogen-bond acceptors (Lipinski definition) is 2. The van der Waals surface area contributed by atoms with E-state index in [1.54, 1.807) is 0 Å². The van der Waals surface area contributed by atoms with Gasteiger partial charge in [-0.05, 0) is 31.2 Å². The summed E-state index contributed by atoms with van der Waals surface area (Å²) in [6.07, 6.45) is 4.52. The maximum Gasteiger partial charge on any atom is 0.161 e. The van der Waals surface area contributed by atoms with Gasteiger partial charge in [0.1, 0.15) is 0 Å². The molecule has 1 saturated heterocycles. The summed E-state index contributed by atoms with van der Waals surface area (Å²) >= 11 is 0. The maximum atomic E-state index is 5.73. The quantitative estimate of drug-likeness (QED) is 0.741. The smallest absolute Gasteiger partial charge is 0.161 e. The SMILES string of the molecule is CC1=CC[C@H](C2OCCO2)[C@@H](c2ccccc2)C1. The molecule has 2 heteroatoms. The summed E-state index contributed by atoms with van der Waals surface area (Å²) in [5.41, 5.74) is 2.90. The number of rotatable bonds is 2. The van der Waals surface area contributed by atoms with Crippen LogP contribution in [0.1, 0.15) is 31.2 Å². The molecular weight excluding hydrogens is 224 g/mol. The van der Waals surface area contributed by atoms with Crippen LogP contribution < -0.4 is 0 Å². The van der Waals surface area contributed by atoms with E-state index < -0.39 is 0 Å². The van der Waals surface area contributed by atoms with Crippen molar-refractivity contribution in [3.63, 3.8) is 0 Å². The third kappa shape index (κ3) is 2.36. The zero-order valence-electron chi connectivity index (χ0n) is 10.8. The average molecular weight is 244 g/mol. The molecule has 1 aliphatic carbocycles. The fourth-order valence-corrected chi connectivity index (χ4v) is 3.07. The average Bonchev–Trinajstić information content (AvgIpc) is 2.93. The molecule has 1 aromatic rings. The molecule has 1 aliphatic heterocycles. The van der Waals surface area contributed by atoms with Crippen molar-refractivity contribution in [2.75, 3.05) is 13.2 Å². The topological polar surface area (TPSA) is 18.5 Å². The van der Waals surface area contributed by atoms with E-state index in [0.717, 1.165) is 26.1 Å². The Labute approximate surface area is 109 Å². The number of benzene rings is 1. The van der Waals surface area contributed by atoms with Crippen LogP contribution in [0.15, 0.2) is 42.0 Å². The molecule has 1 fully saturated rings. The van der Waals surface area contributed by atoms with Crippen LogP contribution in [0.25, 0.3) is 0 Å². The van der Waals surface area contributed by atoms with Crippen LogP contribution in [-0.4, -0.2) is 19.5 Å². The second-order valence-corrected chi connectivity index (χ2v) is 5.28. The molecule has 0 amide bonds. The Kier molecular flexibility index (Phi) is 3.48. The Morgan fingerprint density at radius 2 is 1.78 bits per heavy atom. The molecule has 2 aliphatic rings. The van der Waals surface area contributed by atoms with Crippen molar-refractivity contribution in [3.05, 3.63) is 47.5 Å². The zero-order chi connectivity index (χ0) is 12.4. The lowest BCUT2D eigenvalue weighted by atomic mass is 9.75. The summed E-state index contributed by atoms with van der Waals surface area (Å²) in [4.78, 5) is 0. The molecule has 0 saturated carbocycles. The molecule has 0 radical (unpaired) electrons. The molecule has 0 N–H and O–H groups in total. The van der Waals surface area contributed by atoms with Gasteiger partial charge < -0.3 is 9.47 Å². The van der Waals surface area contributed by atoms with Gasteiger partial charge in [-0.15, -0.1) is 0 Å². The van der Waals surface area contributed by atoms with Gasteiger partial charge in [0.15, 0.2) is 6.29 Å². The lowest BCUT2D eigenvalue weighted by Gasteiger charge is -2.33. The molecule has 1 heterocycles. The third-order valence-corrected chi connectivity index (χ3v) is 4.02. The molecule has 2 nitrogen and oxygen atoms in total. The predicted molar refractivity (Wildman–Crippen MR) is 71.4 cm³/mol. The van der Waals surface area contributed by atoms with E-state index in [4.69, 9.17) is 9.47 Å². The van der Waals surface area contributed by atoms with E-state index >= 15 is 0 Å². The number of allylic oxidation sites excluding steroid dienone is 2. The van der Waals surface area contributed by atoms with Crippen LogP contribution >= 0.6 is 0 Å². The molecule has 0 bridgehead atoms. The van der Waals surface area contributed by atoms with E-state index in [1.165, 1.54) is 11.1 Å². The second kappa shape index (κ2) is 5.25. The second-order valence-electron chi connectivity index (χ2n) is 5.28. The van der Waals surface area contributed by atoms with Crippen LogP contribution in [0.4, 0.5) is 0 Å². The zero-order valence-corrected chi connectivity index (χ0v) is 10.8. The minimum Gasteiger partial charge on any atom is -0.350 e. The Hall–Kier alpha value is -1.12. The van der Waals surface area contributed by atoms with Gasteiger partial charge in [0.05, 0.1) is 13.2 Å². The largest absolute Gasteiger partial charge is 0.350 e. The normalized spacial score (nSPS) is 29.3. The van der Waals surface area contributed by atoms with Crippen LogP contribution in [0.3, 0.4) is 0 Å². The fourth-order valence-electron chi connectivity index (χ4n) is 3.07. The molecule has 0 spiro atoms. The predicted octanol–water partition coefficient (Wildman–Crippen LogP) is 3.50.